The summed E-state index contributed by atoms with van der Waals surface area (Å²) in [5.74, 6) is 0.860. The average molecular weight is 276 g/mol. The van der Waals surface area contributed by atoms with Gasteiger partial charge in [-0.25, -0.2) is 4.98 Å². The lowest BCUT2D eigenvalue weighted by Gasteiger charge is -2.28. The molecular weight excluding hydrogens is 260 g/mol. The molecule has 2 aromatic heterocycles. The Balaban J connectivity index is 1.90. The van der Waals surface area contributed by atoms with Crippen LogP contribution in [-0.4, -0.2) is 48.0 Å². The second-order valence-corrected chi connectivity index (χ2v) is 4.96. The number of nitrogens with one attached hydrogen (secondary N) is 1. The molecule has 0 spiro atoms. The van der Waals surface area contributed by atoms with Crippen molar-refractivity contribution in [3.05, 3.63) is 12.7 Å². The van der Waals surface area contributed by atoms with E-state index in [1.165, 1.54) is 17.3 Å². The molecule has 0 aliphatic carbocycles. The van der Waals surface area contributed by atoms with Gasteiger partial charge in [-0.1, -0.05) is 0 Å². The van der Waals surface area contributed by atoms with Crippen molar-refractivity contribution in [2.45, 2.75) is 31.9 Å². The molecule has 9 nitrogen and oxygen atoms in total. The Morgan fingerprint density at radius 2 is 2.30 bits per heavy atom. The highest BCUT2D eigenvalue weighted by atomic mass is 16.5. The smallest absolute Gasteiger partial charge is 0.258 e. The van der Waals surface area contributed by atoms with Crippen molar-refractivity contribution in [3.63, 3.8) is 0 Å². The standard InChI is InChI=1S/C11H16N8O/c1-7-11(2,3-4-20-7)18-9-15-8(12)16-10(17-9)19-6-13-5-14-19/h5-7H,3-4H2,1-2H3,(H3,12,15,16,17,18). The summed E-state index contributed by atoms with van der Waals surface area (Å²) >= 11 is 0. The van der Waals surface area contributed by atoms with Crippen LogP contribution in [0, 0.1) is 0 Å². The molecule has 2 atom stereocenters. The second-order valence-electron chi connectivity index (χ2n) is 4.96. The van der Waals surface area contributed by atoms with E-state index in [4.69, 9.17) is 10.5 Å². The van der Waals surface area contributed by atoms with Crippen LogP contribution >= 0.6 is 0 Å². The average Bonchev–Trinajstić information content (AvgIpc) is 3.00. The summed E-state index contributed by atoms with van der Waals surface area (Å²) in [5.41, 5.74) is 5.49. The van der Waals surface area contributed by atoms with Gasteiger partial charge in [-0.2, -0.15) is 24.7 Å². The van der Waals surface area contributed by atoms with E-state index in [0.29, 0.717) is 18.5 Å². The van der Waals surface area contributed by atoms with Gasteiger partial charge >= 0.3 is 0 Å². The van der Waals surface area contributed by atoms with E-state index < -0.39 is 0 Å². The van der Waals surface area contributed by atoms with Crippen LogP contribution in [0.5, 0.6) is 0 Å². The summed E-state index contributed by atoms with van der Waals surface area (Å²) in [6.45, 7) is 4.80. The summed E-state index contributed by atoms with van der Waals surface area (Å²) in [4.78, 5) is 16.3. The van der Waals surface area contributed by atoms with Gasteiger partial charge in [-0.3, -0.25) is 0 Å². The highest BCUT2D eigenvalue weighted by Crippen LogP contribution is 2.28. The van der Waals surface area contributed by atoms with E-state index in [-0.39, 0.29) is 17.6 Å². The molecule has 3 N–H and O–H groups in total. The number of rotatable bonds is 3. The van der Waals surface area contributed by atoms with E-state index in [0.717, 1.165) is 6.42 Å². The first kappa shape index (κ1) is 12.7. The van der Waals surface area contributed by atoms with Crippen LogP contribution < -0.4 is 11.1 Å². The molecule has 0 bridgehead atoms. The fourth-order valence-electron chi connectivity index (χ4n) is 2.10. The number of anilines is 2. The van der Waals surface area contributed by atoms with Gasteiger partial charge < -0.3 is 15.8 Å². The van der Waals surface area contributed by atoms with Gasteiger partial charge in [-0.15, -0.1) is 0 Å². The fourth-order valence-corrected chi connectivity index (χ4v) is 2.10. The molecule has 0 amide bonds. The van der Waals surface area contributed by atoms with Crippen molar-refractivity contribution in [1.29, 1.82) is 0 Å². The molecule has 0 radical (unpaired) electrons. The van der Waals surface area contributed by atoms with E-state index >= 15 is 0 Å². The number of hydrogen-bond donors (Lipinski definition) is 2. The molecule has 0 aromatic carbocycles. The third-order valence-corrected chi connectivity index (χ3v) is 3.55. The summed E-state index contributed by atoms with van der Waals surface area (Å²) < 4.78 is 7.01. The number of hydrogen-bond acceptors (Lipinski definition) is 8. The second kappa shape index (κ2) is 4.67. The predicted molar refractivity (Wildman–Crippen MR) is 71.2 cm³/mol. The zero-order valence-electron chi connectivity index (χ0n) is 11.3. The fraction of sp³-hybridized carbons (Fsp3) is 0.545. The topological polar surface area (TPSA) is 117 Å². The number of aromatic nitrogens is 6. The molecule has 3 heterocycles. The highest BCUT2D eigenvalue weighted by molar-refractivity contribution is 5.37. The summed E-state index contributed by atoms with van der Waals surface area (Å²) in [7, 11) is 0. The van der Waals surface area contributed by atoms with Crippen LogP contribution in [0.1, 0.15) is 20.3 Å². The summed E-state index contributed by atoms with van der Waals surface area (Å²) in [6, 6.07) is 0. The maximum atomic E-state index is 5.72. The SMILES string of the molecule is CC1OCCC1(C)Nc1nc(N)nc(-n2cncn2)n1. The molecule has 3 rings (SSSR count). The molecule has 1 aliphatic heterocycles. The van der Waals surface area contributed by atoms with Crippen molar-refractivity contribution in [3.8, 4) is 5.95 Å². The Hall–Kier alpha value is -2.29. The summed E-state index contributed by atoms with van der Waals surface area (Å²) in [5, 5.41) is 7.26. The Morgan fingerprint density at radius 1 is 1.45 bits per heavy atom. The Bertz CT molecular complexity index is 600. The number of ether oxygens (including phenoxy) is 1. The van der Waals surface area contributed by atoms with Crippen LogP contribution in [0.4, 0.5) is 11.9 Å². The largest absolute Gasteiger partial charge is 0.376 e. The van der Waals surface area contributed by atoms with Crippen LogP contribution in [0.15, 0.2) is 12.7 Å². The van der Waals surface area contributed by atoms with Crippen LogP contribution in [0.3, 0.4) is 0 Å². The normalized spacial score (nSPS) is 25.8. The molecule has 2 aromatic rings. The third kappa shape index (κ3) is 2.27. The highest BCUT2D eigenvalue weighted by Gasteiger charge is 2.37. The molecule has 106 valence electrons. The van der Waals surface area contributed by atoms with Gasteiger partial charge in [0.25, 0.3) is 5.95 Å². The number of nitrogens with zero attached hydrogens (tertiary/aromatic N) is 6. The van der Waals surface area contributed by atoms with Crippen LogP contribution in [0.2, 0.25) is 0 Å². The molecule has 0 saturated carbocycles. The van der Waals surface area contributed by atoms with E-state index in [2.05, 4.69) is 37.3 Å². The lowest BCUT2D eigenvalue weighted by molar-refractivity contribution is 0.105. The molecule has 2 unspecified atom stereocenters. The molecule has 1 saturated heterocycles. The zero-order valence-corrected chi connectivity index (χ0v) is 11.3. The first-order valence-electron chi connectivity index (χ1n) is 6.33. The van der Waals surface area contributed by atoms with Gasteiger partial charge in [0.2, 0.25) is 11.9 Å². The first-order valence-corrected chi connectivity index (χ1v) is 6.33. The summed E-state index contributed by atoms with van der Waals surface area (Å²) in [6.07, 6.45) is 3.84. The molecular formula is C11H16N8O. The molecule has 1 fully saturated rings. The number of nitrogens with two attached hydrogens (primary N) is 1. The van der Waals surface area contributed by atoms with Crippen molar-refractivity contribution >= 4 is 11.9 Å². The van der Waals surface area contributed by atoms with Crippen molar-refractivity contribution < 1.29 is 4.74 Å². The minimum atomic E-state index is -0.229. The van der Waals surface area contributed by atoms with E-state index in [1.807, 2.05) is 6.92 Å². The molecule has 9 heteroatoms. The van der Waals surface area contributed by atoms with Gasteiger partial charge in [0.1, 0.15) is 12.7 Å². The predicted octanol–water partition coefficient (Wildman–Crippen LogP) is 0.0139. The minimum absolute atomic E-state index is 0.0651. The van der Waals surface area contributed by atoms with Gasteiger partial charge in [0.05, 0.1) is 11.6 Å². The van der Waals surface area contributed by atoms with Gasteiger partial charge in [0.15, 0.2) is 0 Å². The quantitative estimate of drug-likeness (QED) is 0.805. The third-order valence-electron chi connectivity index (χ3n) is 3.55. The molecule has 1 aliphatic rings. The van der Waals surface area contributed by atoms with E-state index in [1.54, 1.807) is 0 Å². The zero-order chi connectivity index (χ0) is 14.2. The Morgan fingerprint density at radius 3 is 2.95 bits per heavy atom. The van der Waals surface area contributed by atoms with Gasteiger partial charge in [-0.05, 0) is 20.3 Å². The van der Waals surface area contributed by atoms with E-state index in [9.17, 15) is 0 Å². The monoisotopic (exact) mass is 276 g/mol. The van der Waals surface area contributed by atoms with Crippen LogP contribution in [0.25, 0.3) is 5.95 Å². The minimum Gasteiger partial charge on any atom is -0.376 e. The Labute approximate surface area is 115 Å². The number of nitrogen functional groups attached to an aromatic ring is 1. The van der Waals surface area contributed by atoms with Crippen molar-refractivity contribution in [1.82, 2.24) is 29.7 Å². The maximum Gasteiger partial charge on any atom is 0.258 e. The maximum absolute atomic E-state index is 5.72. The Kier molecular flexibility index (Phi) is 2.97. The van der Waals surface area contributed by atoms with Gasteiger partial charge in [0, 0.05) is 6.61 Å². The first-order chi connectivity index (χ1) is 9.57. The lowest BCUT2D eigenvalue weighted by atomic mass is 9.95. The van der Waals surface area contributed by atoms with Crippen molar-refractivity contribution in [2.75, 3.05) is 17.7 Å². The molecule has 20 heavy (non-hydrogen) atoms. The van der Waals surface area contributed by atoms with Crippen molar-refractivity contribution in [2.24, 2.45) is 0 Å². The lowest BCUT2D eigenvalue weighted by Crippen LogP contribution is -2.42. The van der Waals surface area contributed by atoms with Crippen LogP contribution in [-0.2, 0) is 4.74 Å².